The van der Waals surface area contributed by atoms with E-state index >= 15 is 0 Å². The first-order valence-electron chi connectivity index (χ1n) is 6.25. The van der Waals surface area contributed by atoms with Crippen LogP contribution in [0.1, 0.15) is 46.3 Å². The molecule has 2 nitrogen and oxygen atoms in total. The van der Waals surface area contributed by atoms with Gasteiger partial charge in [-0.15, -0.1) is 0 Å². The SMILES string of the molecule is CC(N(C)c1ccccc1[C@H](C)O)C(C)(C)C. The summed E-state index contributed by atoms with van der Waals surface area (Å²) in [6, 6.07) is 8.46. The third-order valence-electron chi connectivity index (χ3n) is 3.60. The Kier molecular flexibility index (Phi) is 4.21. The average molecular weight is 235 g/mol. The van der Waals surface area contributed by atoms with Crippen molar-refractivity contribution in [3.63, 3.8) is 0 Å². The maximum Gasteiger partial charge on any atom is 0.0781 e. The van der Waals surface area contributed by atoms with E-state index in [0.717, 1.165) is 11.3 Å². The van der Waals surface area contributed by atoms with E-state index < -0.39 is 6.10 Å². The van der Waals surface area contributed by atoms with Crippen LogP contribution >= 0.6 is 0 Å². The molecule has 1 aromatic carbocycles. The van der Waals surface area contributed by atoms with Gasteiger partial charge in [-0.05, 0) is 25.3 Å². The highest BCUT2D eigenvalue weighted by atomic mass is 16.3. The lowest BCUT2D eigenvalue weighted by Crippen LogP contribution is -2.39. The minimum absolute atomic E-state index is 0.209. The van der Waals surface area contributed by atoms with Crippen LogP contribution in [0.2, 0.25) is 0 Å². The maximum atomic E-state index is 9.81. The number of rotatable bonds is 3. The van der Waals surface area contributed by atoms with Crippen LogP contribution in [-0.2, 0) is 0 Å². The summed E-state index contributed by atoms with van der Waals surface area (Å²) >= 11 is 0. The molecule has 0 aliphatic heterocycles. The van der Waals surface area contributed by atoms with Gasteiger partial charge in [0, 0.05) is 24.3 Å². The Morgan fingerprint density at radius 3 is 2.12 bits per heavy atom. The largest absolute Gasteiger partial charge is 0.389 e. The Morgan fingerprint density at radius 2 is 1.65 bits per heavy atom. The fourth-order valence-corrected chi connectivity index (χ4v) is 1.95. The van der Waals surface area contributed by atoms with E-state index in [9.17, 15) is 5.11 Å². The zero-order valence-electron chi connectivity index (χ0n) is 11.9. The first-order chi connectivity index (χ1) is 7.75. The van der Waals surface area contributed by atoms with Gasteiger partial charge < -0.3 is 10.0 Å². The maximum absolute atomic E-state index is 9.81. The molecule has 0 saturated carbocycles. The highest BCUT2D eigenvalue weighted by Crippen LogP contribution is 2.31. The lowest BCUT2D eigenvalue weighted by molar-refractivity contribution is 0.199. The van der Waals surface area contributed by atoms with Gasteiger partial charge in [-0.2, -0.15) is 0 Å². The molecule has 1 rings (SSSR count). The van der Waals surface area contributed by atoms with Crippen LogP contribution in [0.25, 0.3) is 0 Å². The summed E-state index contributed by atoms with van der Waals surface area (Å²) < 4.78 is 0. The molecule has 0 fully saturated rings. The van der Waals surface area contributed by atoms with Crippen molar-refractivity contribution in [2.75, 3.05) is 11.9 Å². The summed E-state index contributed by atoms with van der Waals surface area (Å²) in [4.78, 5) is 2.25. The summed E-state index contributed by atoms with van der Waals surface area (Å²) in [5, 5.41) is 9.81. The molecule has 17 heavy (non-hydrogen) atoms. The van der Waals surface area contributed by atoms with E-state index in [1.807, 2.05) is 25.1 Å². The van der Waals surface area contributed by atoms with Crippen molar-refractivity contribution in [3.05, 3.63) is 29.8 Å². The second kappa shape index (κ2) is 5.09. The van der Waals surface area contributed by atoms with Crippen LogP contribution in [0.3, 0.4) is 0 Å². The van der Waals surface area contributed by atoms with Crippen molar-refractivity contribution in [2.24, 2.45) is 5.41 Å². The number of hydrogen-bond donors (Lipinski definition) is 1. The van der Waals surface area contributed by atoms with Crippen LogP contribution < -0.4 is 4.90 Å². The lowest BCUT2D eigenvalue weighted by Gasteiger charge is -2.38. The van der Waals surface area contributed by atoms with E-state index in [4.69, 9.17) is 0 Å². The standard InChI is InChI=1S/C15H25NO/c1-11(17)13-9-7-8-10-14(13)16(6)12(2)15(3,4)5/h7-12,17H,1-6H3/t11-,12?/m0/s1. The molecule has 0 aliphatic carbocycles. The highest BCUT2D eigenvalue weighted by Gasteiger charge is 2.25. The molecule has 0 amide bonds. The van der Waals surface area contributed by atoms with E-state index in [0.29, 0.717) is 6.04 Å². The topological polar surface area (TPSA) is 23.5 Å². The monoisotopic (exact) mass is 235 g/mol. The van der Waals surface area contributed by atoms with Gasteiger partial charge in [-0.1, -0.05) is 39.0 Å². The predicted octanol–water partition coefficient (Wildman–Crippen LogP) is 3.61. The Labute approximate surface area is 105 Å². The average Bonchev–Trinajstić information content (AvgIpc) is 2.25. The normalized spacial score (nSPS) is 15.5. The van der Waals surface area contributed by atoms with Crippen molar-refractivity contribution in [1.82, 2.24) is 0 Å². The molecular formula is C15H25NO. The minimum Gasteiger partial charge on any atom is -0.389 e. The molecule has 0 bridgehead atoms. The Balaban J connectivity index is 3.08. The predicted molar refractivity (Wildman–Crippen MR) is 74.4 cm³/mol. The summed E-state index contributed by atoms with van der Waals surface area (Å²) in [6.45, 7) is 10.7. The zero-order chi connectivity index (χ0) is 13.2. The number of aliphatic hydroxyl groups is 1. The lowest BCUT2D eigenvalue weighted by atomic mass is 9.86. The fourth-order valence-electron chi connectivity index (χ4n) is 1.95. The third kappa shape index (κ3) is 3.22. The first-order valence-corrected chi connectivity index (χ1v) is 6.25. The van der Waals surface area contributed by atoms with Crippen LogP contribution in [0.4, 0.5) is 5.69 Å². The van der Waals surface area contributed by atoms with Gasteiger partial charge in [0.1, 0.15) is 0 Å². The number of hydrogen-bond acceptors (Lipinski definition) is 2. The Hall–Kier alpha value is -1.02. The highest BCUT2D eigenvalue weighted by molar-refractivity contribution is 5.54. The molecule has 0 radical (unpaired) electrons. The summed E-state index contributed by atoms with van der Waals surface area (Å²) in [6.07, 6.45) is -0.430. The van der Waals surface area contributed by atoms with Crippen LogP contribution in [0.5, 0.6) is 0 Å². The van der Waals surface area contributed by atoms with Crippen molar-refractivity contribution >= 4 is 5.69 Å². The molecule has 0 spiro atoms. The molecule has 2 heteroatoms. The van der Waals surface area contributed by atoms with Gasteiger partial charge in [-0.3, -0.25) is 0 Å². The van der Waals surface area contributed by atoms with Crippen LogP contribution in [0, 0.1) is 5.41 Å². The number of anilines is 1. The molecule has 1 unspecified atom stereocenters. The van der Waals surface area contributed by atoms with E-state index in [1.54, 1.807) is 0 Å². The molecule has 1 aromatic rings. The molecule has 0 saturated heterocycles. The second-order valence-corrected chi connectivity index (χ2v) is 5.89. The Morgan fingerprint density at radius 1 is 1.12 bits per heavy atom. The van der Waals surface area contributed by atoms with Gasteiger partial charge in [0.05, 0.1) is 6.10 Å². The van der Waals surface area contributed by atoms with Gasteiger partial charge in [0.15, 0.2) is 0 Å². The van der Waals surface area contributed by atoms with Crippen LogP contribution in [0.15, 0.2) is 24.3 Å². The van der Waals surface area contributed by atoms with Gasteiger partial charge >= 0.3 is 0 Å². The van der Waals surface area contributed by atoms with Gasteiger partial charge in [0.25, 0.3) is 0 Å². The molecule has 0 heterocycles. The quantitative estimate of drug-likeness (QED) is 0.865. The third-order valence-corrected chi connectivity index (χ3v) is 3.60. The second-order valence-electron chi connectivity index (χ2n) is 5.89. The number of para-hydroxylation sites is 1. The summed E-state index contributed by atoms with van der Waals surface area (Å²) in [7, 11) is 2.09. The summed E-state index contributed by atoms with van der Waals surface area (Å²) in [5.41, 5.74) is 2.32. The van der Waals surface area contributed by atoms with E-state index in [2.05, 4.69) is 45.7 Å². The molecule has 2 atom stereocenters. The minimum atomic E-state index is -0.430. The van der Waals surface area contributed by atoms with E-state index in [1.165, 1.54) is 0 Å². The fraction of sp³-hybridized carbons (Fsp3) is 0.600. The smallest absolute Gasteiger partial charge is 0.0781 e. The van der Waals surface area contributed by atoms with Gasteiger partial charge in [-0.25, -0.2) is 0 Å². The molecule has 0 aliphatic rings. The molecule has 96 valence electrons. The Bertz CT molecular complexity index is 365. The number of aliphatic hydroxyl groups excluding tert-OH is 1. The van der Waals surface area contributed by atoms with Crippen molar-refractivity contribution in [3.8, 4) is 0 Å². The number of nitrogens with zero attached hydrogens (tertiary/aromatic N) is 1. The molecule has 1 N–H and O–H groups in total. The number of benzene rings is 1. The van der Waals surface area contributed by atoms with Crippen molar-refractivity contribution in [2.45, 2.75) is 46.8 Å². The van der Waals surface area contributed by atoms with Crippen molar-refractivity contribution < 1.29 is 5.11 Å². The van der Waals surface area contributed by atoms with E-state index in [-0.39, 0.29) is 5.41 Å². The van der Waals surface area contributed by atoms with Crippen LogP contribution in [-0.4, -0.2) is 18.2 Å². The molecule has 0 aromatic heterocycles. The first kappa shape index (κ1) is 14.0. The summed E-state index contributed by atoms with van der Waals surface area (Å²) in [5.74, 6) is 0. The molecular weight excluding hydrogens is 210 g/mol. The van der Waals surface area contributed by atoms with Crippen molar-refractivity contribution in [1.29, 1.82) is 0 Å². The van der Waals surface area contributed by atoms with Gasteiger partial charge in [0.2, 0.25) is 0 Å². The zero-order valence-corrected chi connectivity index (χ0v) is 11.9.